The summed E-state index contributed by atoms with van der Waals surface area (Å²) in [5.41, 5.74) is 8.36. The lowest BCUT2D eigenvalue weighted by molar-refractivity contribution is 0.292. The van der Waals surface area contributed by atoms with E-state index in [1.807, 2.05) is 47.9 Å². The maximum absolute atomic E-state index is 5.93. The van der Waals surface area contributed by atoms with Crippen LogP contribution in [0.3, 0.4) is 0 Å². The van der Waals surface area contributed by atoms with Crippen molar-refractivity contribution in [1.29, 1.82) is 0 Å². The van der Waals surface area contributed by atoms with Gasteiger partial charge < -0.3 is 15.2 Å². The minimum absolute atomic E-state index is 0.302. The van der Waals surface area contributed by atoms with Gasteiger partial charge in [0, 0.05) is 12.3 Å². The van der Waals surface area contributed by atoms with Gasteiger partial charge in [-0.15, -0.1) is 10.2 Å². The number of pyridine rings is 1. The number of fused-ring (bicyclic) bond motifs is 1. The normalized spacial score (nSPS) is 10.8. The summed E-state index contributed by atoms with van der Waals surface area (Å²) in [7, 11) is 1.62. The number of hydrogen-bond donors (Lipinski definition) is 1. The molecular weight excluding hydrogens is 268 g/mol. The number of ether oxygens (including phenoxy) is 2. The molecule has 0 amide bonds. The van der Waals surface area contributed by atoms with Gasteiger partial charge in [0.1, 0.15) is 18.1 Å². The molecule has 2 aromatic heterocycles. The smallest absolute Gasteiger partial charge is 0.175 e. The molecule has 2 N–H and O–H groups in total. The van der Waals surface area contributed by atoms with Crippen LogP contribution < -0.4 is 15.2 Å². The van der Waals surface area contributed by atoms with Gasteiger partial charge in [-0.1, -0.05) is 6.07 Å². The van der Waals surface area contributed by atoms with Crippen molar-refractivity contribution >= 4 is 11.3 Å². The van der Waals surface area contributed by atoms with E-state index in [0.717, 1.165) is 17.0 Å². The molecule has 0 spiro atoms. The van der Waals surface area contributed by atoms with Crippen molar-refractivity contribution in [2.24, 2.45) is 0 Å². The van der Waals surface area contributed by atoms with Crippen LogP contribution >= 0.6 is 0 Å². The lowest BCUT2D eigenvalue weighted by Crippen LogP contribution is -2.03. The first-order chi connectivity index (χ1) is 10.2. The van der Waals surface area contributed by atoms with Crippen molar-refractivity contribution in [3.8, 4) is 11.5 Å². The monoisotopic (exact) mass is 284 g/mol. The van der Waals surface area contributed by atoms with E-state index in [1.54, 1.807) is 7.11 Å². The molecule has 6 heteroatoms. The van der Waals surface area contributed by atoms with Crippen LogP contribution in [0.2, 0.25) is 0 Å². The highest BCUT2D eigenvalue weighted by Gasteiger charge is 2.08. The standard InChI is InChI=1S/C15H16N4O2/c1-10-6-14-17-18-15(19(14)8-13(10)16)9-21-12-5-3-4-11(7-12)20-2/h3-8H,9,16H2,1-2H3. The molecular formula is C15H16N4O2. The first-order valence-electron chi connectivity index (χ1n) is 6.54. The molecule has 3 aromatic rings. The molecule has 0 atom stereocenters. The predicted octanol–water partition coefficient (Wildman–Crippen LogP) is 2.21. The fraction of sp³-hybridized carbons (Fsp3) is 0.200. The fourth-order valence-electron chi connectivity index (χ4n) is 2.03. The van der Waals surface area contributed by atoms with Crippen molar-refractivity contribution in [1.82, 2.24) is 14.6 Å². The van der Waals surface area contributed by atoms with E-state index in [4.69, 9.17) is 15.2 Å². The Morgan fingerprint density at radius 1 is 1.19 bits per heavy atom. The van der Waals surface area contributed by atoms with Crippen LogP contribution in [0.1, 0.15) is 11.4 Å². The maximum Gasteiger partial charge on any atom is 0.175 e. The SMILES string of the molecule is COc1cccc(OCc2nnc3cc(C)c(N)cn23)c1. The first-order valence-corrected chi connectivity index (χ1v) is 6.54. The van der Waals surface area contributed by atoms with Gasteiger partial charge in [-0.25, -0.2) is 0 Å². The summed E-state index contributed by atoms with van der Waals surface area (Å²) >= 11 is 0. The Labute approximate surface area is 122 Å². The lowest BCUT2D eigenvalue weighted by atomic mass is 10.2. The summed E-state index contributed by atoms with van der Waals surface area (Å²) in [5.74, 6) is 2.16. The number of hydrogen-bond acceptors (Lipinski definition) is 5. The van der Waals surface area contributed by atoms with Crippen LogP contribution in [0, 0.1) is 6.92 Å². The number of anilines is 1. The predicted molar refractivity (Wildman–Crippen MR) is 79.5 cm³/mol. The van der Waals surface area contributed by atoms with E-state index in [9.17, 15) is 0 Å². The zero-order valence-corrected chi connectivity index (χ0v) is 11.9. The molecule has 0 aliphatic carbocycles. The van der Waals surface area contributed by atoms with Crippen molar-refractivity contribution in [3.05, 3.63) is 47.9 Å². The van der Waals surface area contributed by atoms with Crippen LogP contribution in [0.25, 0.3) is 5.65 Å². The van der Waals surface area contributed by atoms with E-state index in [0.29, 0.717) is 23.9 Å². The number of rotatable bonds is 4. The minimum atomic E-state index is 0.302. The van der Waals surface area contributed by atoms with E-state index in [1.165, 1.54) is 0 Å². The van der Waals surface area contributed by atoms with Gasteiger partial charge in [0.2, 0.25) is 0 Å². The average Bonchev–Trinajstić information content (AvgIpc) is 2.88. The number of nitrogens with zero attached hydrogens (tertiary/aromatic N) is 3. The third-order valence-electron chi connectivity index (χ3n) is 3.27. The van der Waals surface area contributed by atoms with Crippen molar-refractivity contribution in [2.75, 3.05) is 12.8 Å². The number of nitrogens with two attached hydrogens (primary N) is 1. The molecule has 0 bridgehead atoms. The van der Waals surface area contributed by atoms with Gasteiger partial charge in [-0.2, -0.15) is 0 Å². The van der Waals surface area contributed by atoms with Gasteiger partial charge in [-0.3, -0.25) is 4.40 Å². The Kier molecular flexibility index (Phi) is 3.35. The Hall–Kier alpha value is -2.76. The Morgan fingerprint density at radius 3 is 2.81 bits per heavy atom. The second-order valence-corrected chi connectivity index (χ2v) is 4.72. The number of nitrogen functional groups attached to an aromatic ring is 1. The van der Waals surface area contributed by atoms with Crippen LogP contribution in [0.4, 0.5) is 5.69 Å². The number of aryl methyl sites for hydroxylation is 1. The molecule has 0 radical (unpaired) electrons. The largest absolute Gasteiger partial charge is 0.497 e. The van der Waals surface area contributed by atoms with Gasteiger partial charge in [0.15, 0.2) is 11.5 Å². The zero-order valence-electron chi connectivity index (χ0n) is 11.9. The molecule has 0 saturated heterocycles. The average molecular weight is 284 g/mol. The van der Waals surface area contributed by atoms with Crippen molar-refractivity contribution in [3.63, 3.8) is 0 Å². The quantitative estimate of drug-likeness (QED) is 0.795. The molecule has 0 fully saturated rings. The van der Waals surface area contributed by atoms with Crippen LogP contribution in [-0.4, -0.2) is 21.7 Å². The summed E-state index contributed by atoms with van der Waals surface area (Å²) in [4.78, 5) is 0. The van der Waals surface area contributed by atoms with E-state index < -0.39 is 0 Å². The third kappa shape index (κ3) is 2.60. The molecule has 0 unspecified atom stereocenters. The number of methoxy groups -OCH3 is 1. The Morgan fingerprint density at radius 2 is 2.00 bits per heavy atom. The molecule has 1 aromatic carbocycles. The van der Waals surface area contributed by atoms with Crippen molar-refractivity contribution in [2.45, 2.75) is 13.5 Å². The van der Waals surface area contributed by atoms with Gasteiger partial charge in [0.25, 0.3) is 0 Å². The Bertz CT molecular complexity index is 782. The molecule has 0 aliphatic rings. The second-order valence-electron chi connectivity index (χ2n) is 4.72. The molecule has 0 aliphatic heterocycles. The van der Waals surface area contributed by atoms with Crippen LogP contribution in [0.5, 0.6) is 11.5 Å². The Balaban J connectivity index is 1.83. The summed E-state index contributed by atoms with van der Waals surface area (Å²) in [6, 6.07) is 9.32. The second kappa shape index (κ2) is 5.32. The zero-order chi connectivity index (χ0) is 14.8. The molecule has 6 nitrogen and oxygen atoms in total. The van der Waals surface area contributed by atoms with Crippen LogP contribution in [-0.2, 0) is 6.61 Å². The highest BCUT2D eigenvalue weighted by Crippen LogP contribution is 2.20. The topological polar surface area (TPSA) is 74.7 Å². The summed E-state index contributed by atoms with van der Waals surface area (Å²) in [5, 5.41) is 8.26. The highest BCUT2D eigenvalue weighted by atomic mass is 16.5. The van der Waals surface area contributed by atoms with Gasteiger partial charge >= 0.3 is 0 Å². The van der Waals surface area contributed by atoms with Gasteiger partial charge in [-0.05, 0) is 30.7 Å². The summed E-state index contributed by atoms with van der Waals surface area (Å²) < 4.78 is 12.7. The highest BCUT2D eigenvalue weighted by molar-refractivity contribution is 5.53. The molecule has 2 heterocycles. The van der Waals surface area contributed by atoms with Crippen molar-refractivity contribution < 1.29 is 9.47 Å². The van der Waals surface area contributed by atoms with Crippen LogP contribution in [0.15, 0.2) is 36.5 Å². The van der Waals surface area contributed by atoms with Gasteiger partial charge in [0.05, 0.1) is 12.8 Å². The lowest BCUT2D eigenvalue weighted by Gasteiger charge is -2.07. The van der Waals surface area contributed by atoms with E-state index >= 15 is 0 Å². The molecule has 3 rings (SSSR count). The summed E-state index contributed by atoms with van der Waals surface area (Å²) in [6.45, 7) is 2.24. The molecule has 108 valence electrons. The molecule has 0 saturated carbocycles. The fourth-order valence-corrected chi connectivity index (χ4v) is 2.03. The maximum atomic E-state index is 5.93. The minimum Gasteiger partial charge on any atom is -0.497 e. The first kappa shape index (κ1) is 13.2. The third-order valence-corrected chi connectivity index (χ3v) is 3.27. The van der Waals surface area contributed by atoms with E-state index in [-0.39, 0.29) is 0 Å². The number of benzene rings is 1. The summed E-state index contributed by atoms with van der Waals surface area (Å²) in [6.07, 6.45) is 1.81. The molecule has 21 heavy (non-hydrogen) atoms. The van der Waals surface area contributed by atoms with E-state index in [2.05, 4.69) is 10.2 Å². The number of aromatic nitrogens is 3.